The molecule has 0 aromatic heterocycles. The highest BCUT2D eigenvalue weighted by atomic mass is 35.5. The monoisotopic (exact) mass is 299 g/mol. The van der Waals surface area contributed by atoms with Gasteiger partial charge in [-0.25, -0.2) is 0 Å². The van der Waals surface area contributed by atoms with Crippen molar-refractivity contribution in [3.63, 3.8) is 0 Å². The third-order valence-electron chi connectivity index (χ3n) is 3.78. The minimum Gasteiger partial charge on any atom is -0.488 e. The van der Waals surface area contributed by atoms with Gasteiger partial charge in [-0.3, -0.25) is 0 Å². The number of anilines is 1. The average Bonchev–Trinajstić information content (AvgIpc) is 2.82. The standard InChI is InChI=1S/C14H18ClNO2S/c15-10-1-2-12(16)13(7-10)18-11-3-5-17-14(8-11)4-6-19-9-14/h1-2,7,11H,3-6,8-9,16H2. The van der Waals surface area contributed by atoms with Crippen LogP contribution in [0.3, 0.4) is 0 Å². The van der Waals surface area contributed by atoms with Crippen molar-refractivity contribution in [2.75, 3.05) is 23.8 Å². The van der Waals surface area contributed by atoms with Gasteiger partial charge in [-0.15, -0.1) is 0 Å². The molecule has 2 aliphatic rings. The van der Waals surface area contributed by atoms with Gasteiger partial charge in [0.15, 0.2) is 0 Å². The molecule has 104 valence electrons. The molecular formula is C14H18ClNO2S. The normalized spacial score (nSPS) is 30.7. The van der Waals surface area contributed by atoms with Gasteiger partial charge in [0.2, 0.25) is 0 Å². The Kier molecular flexibility index (Phi) is 3.83. The van der Waals surface area contributed by atoms with E-state index < -0.39 is 0 Å². The molecule has 1 aromatic rings. The van der Waals surface area contributed by atoms with Gasteiger partial charge in [0.05, 0.1) is 17.9 Å². The summed E-state index contributed by atoms with van der Waals surface area (Å²) in [5.41, 5.74) is 6.61. The molecule has 2 fully saturated rings. The van der Waals surface area contributed by atoms with Crippen molar-refractivity contribution in [1.29, 1.82) is 0 Å². The summed E-state index contributed by atoms with van der Waals surface area (Å²) in [4.78, 5) is 0. The van der Waals surface area contributed by atoms with Gasteiger partial charge in [0.1, 0.15) is 11.9 Å². The van der Waals surface area contributed by atoms with E-state index in [0.29, 0.717) is 16.5 Å². The third-order valence-corrected chi connectivity index (χ3v) is 5.24. The van der Waals surface area contributed by atoms with Crippen molar-refractivity contribution in [3.05, 3.63) is 23.2 Å². The first-order valence-electron chi connectivity index (χ1n) is 6.60. The summed E-state index contributed by atoms with van der Waals surface area (Å²) >= 11 is 7.96. The molecule has 2 unspecified atom stereocenters. The quantitative estimate of drug-likeness (QED) is 0.851. The Balaban J connectivity index is 1.70. The molecule has 0 amide bonds. The average molecular weight is 300 g/mol. The van der Waals surface area contributed by atoms with Crippen LogP contribution < -0.4 is 10.5 Å². The Bertz CT molecular complexity index is 463. The van der Waals surface area contributed by atoms with Crippen LogP contribution in [0.2, 0.25) is 5.02 Å². The lowest BCUT2D eigenvalue weighted by Crippen LogP contribution is -2.43. The molecule has 1 aromatic carbocycles. The van der Waals surface area contributed by atoms with Crippen molar-refractivity contribution < 1.29 is 9.47 Å². The second kappa shape index (κ2) is 5.43. The van der Waals surface area contributed by atoms with E-state index in [0.717, 1.165) is 31.6 Å². The number of thioether (sulfide) groups is 1. The zero-order valence-electron chi connectivity index (χ0n) is 10.7. The molecule has 1 spiro atoms. The number of benzene rings is 1. The zero-order chi connectivity index (χ0) is 13.3. The van der Waals surface area contributed by atoms with Crippen molar-refractivity contribution in [2.24, 2.45) is 0 Å². The summed E-state index contributed by atoms with van der Waals surface area (Å²) in [6.45, 7) is 0.770. The summed E-state index contributed by atoms with van der Waals surface area (Å²) in [5, 5.41) is 0.655. The van der Waals surface area contributed by atoms with Crippen LogP contribution in [0.4, 0.5) is 5.69 Å². The molecule has 2 N–H and O–H groups in total. The van der Waals surface area contributed by atoms with Crippen LogP contribution in [0.5, 0.6) is 5.75 Å². The molecule has 3 rings (SSSR count). The lowest BCUT2D eigenvalue weighted by Gasteiger charge is -2.37. The summed E-state index contributed by atoms with van der Waals surface area (Å²) in [6, 6.07) is 5.36. The van der Waals surface area contributed by atoms with E-state index in [4.69, 9.17) is 26.8 Å². The molecular weight excluding hydrogens is 282 g/mol. The molecule has 0 aliphatic carbocycles. The largest absolute Gasteiger partial charge is 0.488 e. The fourth-order valence-corrected chi connectivity index (χ4v) is 4.28. The second-order valence-corrected chi connectivity index (χ2v) is 6.79. The van der Waals surface area contributed by atoms with Gasteiger partial charge in [-0.2, -0.15) is 11.8 Å². The molecule has 5 heteroatoms. The lowest BCUT2D eigenvalue weighted by atomic mass is 9.91. The van der Waals surface area contributed by atoms with Gasteiger partial charge >= 0.3 is 0 Å². The van der Waals surface area contributed by atoms with E-state index in [1.807, 2.05) is 11.8 Å². The number of ether oxygens (including phenoxy) is 2. The molecule has 19 heavy (non-hydrogen) atoms. The van der Waals surface area contributed by atoms with Crippen molar-refractivity contribution in [3.8, 4) is 5.75 Å². The zero-order valence-corrected chi connectivity index (χ0v) is 12.3. The number of rotatable bonds is 2. The topological polar surface area (TPSA) is 44.5 Å². The Morgan fingerprint density at radius 1 is 1.47 bits per heavy atom. The molecule has 2 saturated heterocycles. The Morgan fingerprint density at radius 2 is 2.37 bits per heavy atom. The minimum atomic E-state index is 0.0287. The summed E-state index contributed by atoms with van der Waals surface area (Å²) < 4.78 is 12.0. The van der Waals surface area contributed by atoms with E-state index in [1.165, 1.54) is 5.75 Å². The minimum absolute atomic E-state index is 0.0287. The number of nitrogen functional groups attached to an aromatic ring is 1. The maximum absolute atomic E-state index is 6.05. The SMILES string of the molecule is Nc1ccc(Cl)cc1OC1CCOC2(CCSC2)C1. The van der Waals surface area contributed by atoms with Gasteiger partial charge in [-0.1, -0.05) is 11.6 Å². The van der Waals surface area contributed by atoms with Crippen LogP contribution in [-0.4, -0.2) is 29.8 Å². The van der Waals surface area contributed by atoms with E-state index in [9.17, 15) is 0 Å². The third kappa shape index (κ3) is 2.96. The molecule has 2 heterocycles. The maximum Gasteiger partial charge on any atom is 0.144 e. The van der Waals surface area contributed by atoms with Gasteiger partial charge < -0.3 is 15.2 Å². The van der Waals surface area contributed by atoms with Crippen LogP contribution in [0.25, 0.3) is 0 Å². The van der Waals surface area contributed by atoms with Crippen LogP contribution in [0, 0.1) is 0 Å². The first-order valence-corrected chi connectivity index (χ1v) is 8.14. The summed E-state index contributed by atoms with van der Waals surface area (Å²) in [6.07, 6.45) is 3.17. The fourth-order valence-electron chi connectivity index (χ4n) is 2.74. The first-order chi connectivity index (χ1) is 9.17. The second-order valence-electron chi connectivity index (χ2n) is 5.25. The van der Waals surface area contributed by atoms with E-state index >= 15 is 0 Å². The van der Waals surface area contributed by atoms with E-state index in [-0.39, 0.29) is 11.7 Å². The van der Waals surface area contributed by atoms with Crippen LogP contribution in [0.15, 0.2) is 18.2 Å². The number of halogens is 1. The number of hydrogen-bond acceptors (Lipinski definition) is 4. The van der Waals surface area contributed by atoms with Crippen molar-refractivity contribution >= 4 is 29.1 Å². The Hall–Kier alpha value is -0.580. The van der Waals surface area contributed by atoms with E-state index in [2.05, 4.69) is 0 Å². The van der Waals surface area contributed by atoms with Crippen LogP contribution in [0.1, 0.15) is 19.3 Å². The van der Waals surface area contributed by atoms with E-state index in [1.54, 1.807) is 18.2 Å². The van der Waals surface area contributed by atoms with Gasteiger partial charge in [-0.05, 0) is 24.3 Å². The predicted molar refractivity (Wildman–Crippen MR) is 80.1 cm³/mol. The van der Waals surface area contributed by atoms with Gasteiger partial charge in [0, 0.05) is 29.7 Å². The molecule has 0 saturated carbocycles. The van der Waals surface area contributed by atoms with Crippen molar-refractivity contribution in [1.82, 2.24) is 0 Å². The highest BCUT2D eigenvalue weighted by molar-refractivity contribution is 7.99. The van der Waals surface area contributed by atoms with Crippen LogP contribution in [-0.2, 0) is 4.74 Å². The first kappa shape index (κ1) is 13.4. The molecule has 3 nitrogen and oxygen atoms in total. The lowest BCUT2D eigenvalue weighted by molar-refractivity contribution is -0.0957. The predicted octanol–water partition coefficient (Wildman–Crippen LogP) is 3.36. The van der Waals surface area contributed by atoms with Gasteiger partial charge in [0.25, 0.3) is 0 Å². The highest BCUT2D eigenvalue weighted by Crippen LogP contribution is 2.40. The molecule has 0 bridgehead atoms. The van der Waals surface area contributed by atoms with Crippen LogP contribution >= 0.6 is 23.4 Å². The van der Waals surface area contributed by atoms with Crippen molar-refractivity contribution in [2.45, 2.75) is 31.0 Å². The Labute approximate surface area is 122 Å². The smallest absolute Gasteiger partial charge is 0.144 e. The fraction of sp³-hybridized carbons (Fsp3) is 0.571. The Morgan fingerprint density at radius 3 is 3.16 bits per heavy atom. The molecule has 2 atom stereocenters. The maximum atomic E-state index is 6.05. The number of hydrogen-bond donors (Lipinski definition) is 1. The molecule has 0 radical (unpaired) electrons. The number of nitrogens with two attached hydrogens (primary N) is 1. The summed E-state index contributed by atoms with van der Waals surface area (Å²) in [5.74, 6) is 2.96. The highest BCUT2D eigenvalue weighted by Gasteiger charge is 2.41. The summed E-state index contributed by atoms with van der Waals surface area (Å²) in [7, 11) is 0. The molecule has 2 aliphatic heterocycles.